The molecule has 1 amide bonds. The summed E-state index contributed by atoms with van der Waals surface area (Å²) in [5.74, 6) is 0.0737. The number of anilines is 1. The molecule has 6 heteroatoms. The first kappa shape index (κ1) is 20.1. The van der Waals surface area contributed by atoms with Crippen molar-refractivity contribution in [2.45, 2.75) is 37.6 Å². The molecule has 1 fully saturated rings. The Morgan fingerprint density at radius 2 is 1.76 bits per heavy atom. The molecule has 1 saturated heterocycles. The molecule has 1 unspecified atom stereocenters. The van der Waals surface area contributed by atoms with Crippen LogP contribution in [-0.2, 0) is 4.79 Å². The number of amides is 1. The average molecular weight is 424 g/mol. The van der Waals surface area contributed by atoms with Crippen molar-refractivity contribution < 1.29 is 4.79 Å². The lowest BCUT2D eigenvalue weighted by Gasteiger charge is -2.17. The van der Waals surface area contributed by atoms with E-state index >= 15 is 0 Å². The second kappa shape index (κ2) is 8.67. The van der Waals surface area contributed by atoms with Gasteiger partial charge in [0.1, 0.15) is 4.91 Å². The van der Waals surface area contributed by atoms with Gasteiger partial charge in [0.2, 0.25) is 0 Å². The second-order valence-corrected chi connectivity index (χ2v) is 9.18. The van der Waals surface area contributed by atoms with Crippen LogP contribution in [0.5, 0.6) is 0 Å². The number of aliphatic imine (C=N–C) groups is 1. The maximum absolute atomic E-state index is 13.3. The van der Waals surface area contributed by atoms with Gasteiger partial charge in [-0.1, -0.05) is 67.6 Å². The van der Waals surface area contributed by atoms with Gasteiger partial charge in [-0.05, 0) is 42.8 Å². The molecule has 0 aromatic heterocycles. The monoisotopic (exact) mass is 423 g/mol. The summed E-state index contributed by atoms with van der Waals surface area (Å²) in [6.45, 7) is 4.94. The Balaban J connectivity index is 1.68. The van der Waals surface area contributed by atoms with Gasteiger partial charge in [0.05, 0.1) is 16.8 Å². The molecule has 1 atom stereocenters. The average Bonchev–Trinajstić information content (AvgIpc) is 3.24. The van der Waals surface area contributed by atoms with Crippen LogP contribution >= 0.6 is 23.5 Å². The normalized spacial score (nSPS) is 21.2. The predicted molar refractivity (Wildman–Crippen MR) is 124 cm³/mol. The summed E-state index contributed by atoms with van der Waals surface area (Å²) in [6, 6.07) is 18.5. The molecule has 29 heavy (non-hydrogen) atoms. The van der Waals surface area contributed by atoms with Crippen molar-refractivity contribution in [2.75, 3.05) is 18.5 Å². The van der Waals surface area contributed by atoms with Gasteiger partial charge in [0.25, 0.3) is 5.91 Å². The van der Waals surface area contributed by atoms with E-state index in [1.165, 1.54) is 16.7 Å². The van der Waals surface area contributed by atoms with Gasteiger partial charge in [0, 0.05) is 18.5 Å². The van der Waals surface area contributed by atoms with E-state index in [9.17, 15) is 4.79 Å². The molecule has 0 radical (unpaired) electrons. The molecular formula is C23H25N3OS2. The van der Waals surface area contributed by atoms with Crippen LogP contribution in [0.25, 0.3) is 0 Å². The zero-order valence-electron chi connectivity index (χ0n) is 17.0. The Morgan fingerprint density at radius 1 is 1.03 bits per heavy atom. The first-order valence-corrected chi connectivity index (χ1v) is 11.6. The number of nitrogens with zero attached hydrogens (tertiary/aromatic N) is 3. The fourth-order valence-electron chi connectivity index (χ4n) is 3.42. The number of carbonyl (C=O) groups excluding carboxylic acids is 1. The summed E-state index contributed by atoms with van der Waals surface area (Å²) >= 11 is 3.19. The molecule has 0 bridgehead atoms. The number of amidine groups is 1. The first-order valence-electron chi connectivity index (χ1n) is 9.97. The van der Waals surface area contributed by atoms with E-state index in [0.29, 0.717) is 6.54 Å². The number of para-hydroxylation sites is 1. The van der Waals surface area contributed by atoms with Crippen molar-refractivity contribution in [3.05, 3.63) is 70.1 Å². The van der Waals surface area contributed by atoms with Gasteiger partial charge >= 0.3 is 0 Å². The summed E-state index contributed by atoms with van der Waals surface area (Å²) in [6.07, 6.45) is 2.01. The zero-order chi connectivity index (χ0) is 20.4. The van der Waals surface area contributed by atoms with Crippen LogP contribution in [0.1, 0.15) is 38.3 Å². The Bertz CT molecular complexity index is 971. The van der Waals surface area contributed by atoms with E-state index in [-0.39, 0.29) is 11.9 Å². The number of fused-ring (bicyclic) bond motifs is 1. The first-order chi connectivity index (χ1) is 14.1. The maximum atomic E-state index is 13.3. The standard InChI is InChI=1S/C23H25N3OS2/c1-4-5-15-26-21(27)20(22-25(3)18-13-9-10-14-19(18)28-22)29-23(26)24-16(2)17-11-7-6-8-12-17/h6-14,16H,4-5,15H2,1-3H3. The SMILES string of the molecule is CCCCN1C(=O)C(=C2Sc3ccccc3N2C)SC1=NC(C)c1ccccc1. The number of unbranched alkanes of at least 4 members (excludes halogenated alkanes) is 1. The molecule has 2 aliphatic heterocycles. The van der Waals surface area contributed by atoms with Crippen molar-refractivity contribution in [3.63, 3.8) is 0 Å². The number of benzene rings is 2. The third-order valence-electron chi connectivity index (χ3n) is 5.12. The van der Waals surface area contributed by atoms with Crippen molar-refractivity contribution in [3.8, 4) is 0 Å². The van der Waals surface area contributed by atoms with E-state index in [2.05, 4.69) is 43.0 Å². The van der Waals surface area contributed by atoms with E-state index in [0.717, 1.165) is 39.2 Å². The summed E-state index contributed by atoms with van der Waals surface area (Å²) in [5, 5.41) is 1.81. The Labute approximate surface area is 181 Å². The maximum Gasteiger partial charge on any atom is 0.269 e. The number of hydrogen-bond donors (Lipinski definition) is 0. The van der Waals surface area contributed by atoms with Gasteiger partial charge in [-0.25, -0.2) is 0 Å². The van der Waals surface area contributed by atoms with Crippen molar-refractivity contribution in [1.82, 2.24) is 4.90 Å². The Morgan fingerprint density at radius 3 is 2.48 bits per heavy atom. The topological polar surface area (TPSA) is 35.9 Å². The number of hydrogen-bond acceptors (Lipinski definition) is 5. The molecular weight excluding hydrogens is 398 g/mol. The summed E-state index contributed by atoms with van der Waals surface area (Å²) in [4.78, 5) is 24.3. The fraction of sp³-hybridized carbons (Fsp3) is 0.304. The smallest absolute Gasteiger partial charge is 0.269 e. The van der Waals surface area contributed by atoms with Crippen molar-refractivity contribution in [1.29, 1.82) is 0 Å². The van der Waals surface area contributed by atoms with Crippen molar-refractivity contribution >= 4 is 40.3 Å². The number of rotatable bonds is 5. The molecule has 0 saturated carbocycles. The van der Waals surface area contributed by atoms with E-state index in [4.69, 9.17) is 4.99 Å². The summed E-state index contributed by atoms with van der Waals surface area (Å²) < 4.78 is 0. The quantitative estimate of drug-likeness (QED) is 0.562. The highest BCUT2D eigenvalue weighted by Gasteiger charge is 2.38. The van der Waals surface area contributed by atoms with Crippen LogP contribution in [0.3, 0.4) is 0 Å². The Kier molecular flexibility index (Phi) is 6.01. The highest BCUT2D eigenvalue weighted by atomic mass is 32.2. The van der Waals surface area contributed by atoms with Crippen LogP contribution in [-0.4, -0.2) is 29.6 Å². The van der Waals surface area contributed by atoms with Crippen LogP contribution in [0.2, 0.25) is 0 Å². The molecule has 2 aromatic carbocycles. The lowest BCUT2D eigenvalue weighted by Crippen LogP contribution is -2.31. The lowest BCUT2D eigenvalue weighted by molar-refractivity contribution is -0.122. The lowest BCUT2D eigenvalue weighted by atomic mass is 10.1. The third-order valence-corrected chi connectivity index (χ3v) is 7.56. The van der Waals surface area contributed by atoms with Crippen LogP contribution in [0.4, 0.5) is 5.69 Å². The molecule has 0 aliphatic carbocycles. The van der Waals surface area contributed by atoms with E-state index in [1.54, 1.807) is 11.8 Å². The van der Waals surface area contributed by atoms with E-state index < -0.39 is 0 Å². The number of thioether (sulfide) groups is 2. The molecule has 4 nitrogen and oxygen atoms in total. The fourth-order valence-corrected chi connectivity index (χ4v) is 5.85. The molecule has 150 valence electrons. The molecule has 2 heterocycles. The second-order valence-electron chi connectivity index (χ2n) is 7.17. The minimum atomic E-state index is 0.00568. The molecule has 2 aromatic rings. The molecule has 2 aliphatic rings. The van der Waals surface area contributed by atoms with E-state index in [1.807, 2.05) is 42.3 Å². The summed E-state index contributed by atoms with van der Waals surface area (Å²) in [7, 11) is 2.03. The third kappa shape index (κ3) is 3.96. The largest absolute Gasteiger partial charge is 0.337 e. The predicted octanol–water partition coefficient (Wildman–Crippen LogP) is 5.89. The minimum absolute atomic E-state index is 0.00568. The van der Waals surface area contributed by atoms with Gasteiger partial charge in [-0.2, -0.15) is 0 Å². The van der Waals surface area contributed by atoms with Gasteiger partial charge in [-0.3, -0.25) is 14.7 Å². The number of carbonyl (C=O) groups is 1. The van der Waals surface area contributed by atoms with Crippen molar-refractivity contribution in [2.24, 2.45) is 4.99 Å². The molecule has 0 spiro atoms. The molecule has 4 rings (SSSR count). The van der Waals surface area contributed by atoms with Gasteiger partial charge < -0.3 is 4.90 Å². The zero-order valence-corrected chi connectivity index (χ0v) is 18.6. The van der Waals surface area contributed by atoms with Crippen LogP contribution in [0.15, 0.2) is 74.4 Å². The highest BCUT2D eigenvalue weighted by molar-refractivity contribution is 8.19. The van der Waals surface area contributed by atoms with Gasteiger partial charge in [0.15, 0.2) is 5.17 Å². The van der Waals surface area contributed by atoms with Gasteiger partial charge in [-0.15, -0.1) is 0 Å². The minimum Gasteiger partial charge on any atom is -0.337 e. The highest BCUT2D eigenvalue weighted by Crippen LogP contribution is 2.50. The molecule has 0 N–H and O–H groups in total. The van der Waals surface area contributed by atoms with Crippen LogP contribution in [0, 0.1) is 0 Å². The van der Waals surface area contributed by atoms with Crippen LogP contribution < -0.4 is 4.90 Å². The Hall–Kier alpha value is -2.18. The summed E-state index contributed by atoms with van der Waals surface area (Å²) in [5.41, 5.74) is 2.31.